The Kier molecular flexibility index (Phi) is 4.52. The zero-order chi connectivity index (χ0) is 12.1. The summed E-state index contributed by atoms with van der Waals surface area (Å²) in [6.45, 7) is 5.60. The van der Waals surface area contributed by atoms with Crippen LogP contribution in [0.25, 0.3) is 0 Å². The van der Waals surface area contributed by atoms with Gasteiger partial charge in [-0.05, 0) is 20.3 Å². The van der Waals surface area contributed by atoms with Crippen LogP contribution in [-0.4, -0.2) is 15.6 Å². The number of carbonyl (C=O) groups is 1. The van der Waals surface area contributed by atoms with Gasteiger partial charge < -0.3 is 0 Å². The smallest absolute Gasteiger partial charge is 0.264 e. The van der Waals surface area contributed by atoms with E-state index < -0.39 is 0 Å². The number of ketones is 1. The van der Waals surface area contributed by atoms with Crippen LogP contribution >= 0.6 is 0 Å². The van der Waals surface area contributed by atoms with Crippen LogP contribution in [0.15, 0.2) is 10.9 Å². The lowest BCUT2D eigenvalue weighted by atomic mass is 10.0. The minimum Gasteiger partial charge on any atom is -0.300 e. The summed E-state index contributed by atoms with van der Waals surface area (Å²) in [5.74, 6) is 0.162. The molecule has 1 rings (SSSR count). The predicted octanol–water partition coefficient (Wildman–Crippen LogP) is 2.20. The third kappa shape index (κ3) is 3.36. The molecule has 16 heavy (non-hydrogen) atoms. The molecule has 0 bridgehead atoms. The van der Waals surface area contributed by atoms with Gasteiger partial charge in [0.1, 0.15) is 5.78 Å². The van der Waals surface area contributed by atoms with Gasteiger partial charge in [0.15, 0.2) is 0 Å². The fraction of sp³-hybridized carbons (Fsp3) is 0.667. The number of aromatic amines is 1. The van der Waals surface area contributed by atoms with E-state index in [-0.39, 0.29) is 17.4 Å². The van der Waals surface area contributed by atoms with E-state index in [4.69, 9.17) is 0 Å². The SMILES string of the molecule is CCCC[C@H](CC(C)=O)n1[nH]c(=O)cc1C. The summed E-state index contributed by atoms with van der Waals surface area (Å²) in [5.41, 5.74) is 0.801. The minimum absolute atomic E-state index is 0.0949. The fourth-order valence-electron chi connectivity index (χ4n) is 1.97. The number of Topliss-reactive ketones (excluding diaryl/α,β-unsaturated/α-hetero) is 1. The topological polar surface area (TPSA) is 54.9 Å². The first-order valence-electron chi connectivity index (χ1n) is 5.82. The van der Waals surface area contributed by atoms with Crippen LogP contribution in [0.3, 0.4) is 0 Å². The molecule has 1 aromatic heterocycles. The molecule has 0 amide bonds. The van der Waals surface area contributed by atoms with Gasteiger partial charge in [-0.2, -0.15) is 0 Å². The largest absolute Gasteiger partial charge is 0.300 e. The zero-order valence-corrected chi connectivity index (χ0v) is 10.2. The average molecular weight is 224 g/mol. The summed E-state index contributed by atoms with van der Waals surface area (Å²) in [6, 6.07) is 1.67. The van der Waals surface area contributed by atoms with Crippen molar-refractivity contribution in [1.29, 1.82) is 0 Å². The molecule has 4 nitrogen and oxygen atoms in total. The van der Waals surface area contributed by atoms with E-state index in [2.05, 4.69) is 12.0 Å². The van der Waals surface area contributed by atoms with E-state index >= 15 is 0 Å². The molecule has 0 saturated heterocycles. The van der Waals surface area contributed by atoms with Crippen molar-refractivity contribution in [3.05, 3.63) is 22.1 Å². The van der Waals surface area contributed by atoms with E-state index in [1.54, 1.807) is 13.0 Å². The molecule has 0 radical (unpaired) electrons. The van der Waals surface area contributed by atoms with Crippen molar-refractivity contribution in [1.82, 2.24) is 9.78 Å². The number of rotatable bonds is 6. The second-order valence-electron chi connectivity index (χ2n) is 4.33. The molecule has 90 valence electrons. The summed E-state index contributed by atoms with van der Waals surface area (Å²) in [4.78, 5) is 22.4. The van der Waals surface area contributed by atoms with Crippen molar-refractivity contribution in [2.24, 2.45) is 0 Å². The maximum Gasteiger partial charge on any atom is 0.264 e. The minimum atomic E-state index is -0.0949. The van der Waals surface area contributed by atoms with Gasteiger partial charge in [0.05, 0.1) is 6.04 Å². The fourth-order valence-corrected chi connectivity index (χ4v) is 1.97. The highest BCUT2D eigenvalue weighted by Crippen LogP contribution is 2.19. The highest BCUT2D eigenvalue weighted by molar-refractivity contribution is 5.75. The van der Waals surface area contributed by atoms with E-state index in [1.165, 1.54) is 0 Å². The van der Waals surface area contributed by atoms with Crippen LogP contribution in [0, 0.1) is 6.92 Å². The van der Waals surface area contributed by atoms with Crippen LogP contribution in [0.2, 0.25) is 0 Å². The summed E-state index contributed by atoms with van der Waals surface area (Å²) in [7, 11) is 0. The first kappa shape index (κ1) is 12.7. The highest BCUT2D eigenvalue weighted by Gasteiger charge is 2.15. The maximum atomic E-state index is 11.2. The molecule has 1 atom stereocenters. The molecule has 0 aliphatic heterocycles. The molecule has 4 heteroatoms. The first-order valence-corrected chi connectivity index (χ1v) is 5.82. The molecule has 0 unspecified atom stereocenters. The first-order chi connectivity index (χ1) is 7.54. The zero-order valence-electron chi connectivity index (χ0n) is 10.2. The Morgan fingerprint density at radius 3 is 2.69 bits per heavy atom. The van der Waals surface area contributed by atoms with Crippen molar-refractivity contribution in [2.75, 3.05) is 0 Å². The van der Waals surface area contributed by atoms with Gasteiger partial charge in [-0.15, -0.1) is 0 Å². The molecule has 1 aromatic rings. The Hall–Kier alpha value is -1.32. The van der Waals surface area contributed by atoms with Crippen LogP contribution in [0.1, 0.15) is 51.3 Å². The lowest BCUT2D eigenvalue weighted by molar-refractivity contribution is -0.117. The third-order valence-corrected chi connectivity index (χ3v) is 2.73. The molecule has 0 aliphatic carbocycles. The molecule has 1 heterocycles. The molecule has 0 aliphatic rings. The van der Waals surface area contributed by atoms with Crippen molar-refractivity contribution >= 4 is 5.78 Å². The monoisotopic (exact) mass is 224 g/mol. The molecule has 0 aromatic carbocycles. The van der Waals surface area contributed by atoms with Crippen LogP contribution in [0.5, 0.6) is 0 Å². The summed E-state index contributed by atoms with van der Waals surface area (Å²) in [6.07, 6.45) is 3.59. The number of aromatic nitrogens is 2. The average Bonchev–Trinajstić information content (AvgIpc) is 2.52. The van der Waals surface area contributed by atoms with Crippen molar-refractivity contribution < 1.29 is 4.79 Å². The van der Waals surface area contributed by atoms with E-state index in [1.807, 2.05) is 11.6 Å². The van der Waals surface area contributed by atoms with E-state index in [0.717, 1.165) is 25.0 Å². The van der Waals surface area contributed by atoms with Crippen LogP contribution < -0.4 is 5.56 Å². The van der Waals surface area contributed by atoms with Crippen LogP contribution in [0.4, 0.5) is 0 Å². The quantitative estimate of drug-likeness (QED) is 0.805. The molecular weight excluding hydrogens is 204 g/mol. The lowest BCUT2D eigenvalue weighted by Crippen LogP contribution is -2.17. The second kappa shape index (κ2) is 5.68. The molecule has 0 fully saturated rings. The van der Waals surface area contributed by atoms with E-state index in [9.17, 15) is 9.59 Å². The summed E-state index contributed by atoms with van der Waals surface area (Å²) < 4.78 is 1.83. The normalized spacial score (nSPS) is 12.7. The number of carbonyl (C=O) groups excluding carboxylic acids is 1. The van der Waals surface area contributed by atoms with Gasteiger partial charge in [-0.25, -0.2) is 0 Å². The van der Waals surface area contributed by atoms with Crippen molar-refractivity contribution in [2.45, 2.75) is 52.5 Å². The highest BCUT2D eigenvalue weighted by atomic mass is 16.1. The number of unbranched alkanes of at least 4 members (excludes halogenated alkanes) is 1. The molecular formula is C12H20N2O2. The predicted molar refractivity (Wildman–Crippen MR) is 63.6 cm³/mol. The molecule has 0 saturated carbocycles. The van der Waals surface area contributed by atoms with Gasteiger partial charge in [0.2, 0.25) is 0 Å². The lowest BCUT2D eigenvalue weighted by Gasteiger charge is -2.18. The van der Waals surface area contributed by atoms with Crippen molar-refractivity contribution in [3.63, 3.8) is 0 Å². The maximum absolute atomic E-state index is 11.2. The van der Waals surface area contributed by atoms with Gasteiger partial charge >= 0.3 is 0 Å². The summed E-state index contributed by atoms with van der Waals surface area (Å²) in [5, 5.41) is 2.77. The van der Waals surface area contributed by atoms with Gasteiger partial charge in [0.25, 0.3) is 5.56 Å². The third-order valence-electron chi connectivity index (χ3n) is 2.73. The number of hydrogen-bond donors (Lipinski definition) is 1. The van der Waals surface area contributed by atoms with Gasteiger partial charge in [-0.3, -0.25) is 19.4 Å². The van der Waals surface area contributed by atoms with E-state index in [0.29, 0.717) is 6.42 Å². The summed E-state index contributed by atoms with van der Waals surface area (Å²) >= 11 is 0. The Bertz CT molecular complexity index is 403. The Morgan fingerprint density at radius 1 is 1.56 bits per heavy atom. The Labute approximate surface area is 95.6 Å². The second-order valence-corrected chi connectivity index (χ2v) is 4.33. The van der Waals surface area contributed by atoms with Crippen LogP contribution in [-0.2, 0) is 4.79 Å². The number of nitrogens with one attached hydrogen (secondary N) is 1. The van der Waals surface area contributed by atoms with Gasteiger partial charge in [-0.1, -0.05) is 19.8 Å². The number of nitrogens with zero attached hydrogens (tertiary/aromatic N) is 1. The number of H-pyrrole nitrogens is 1. The van der Waals surface area contributed by atoms with Crippen molar-refractivity contribution in [3.8, 4) is 0 Å². The Balaban J connectivity index is 2.86. The molecule has 0 spiro atoms. The standard InChI is InChI=1S/C12H20N2O2/c1-4-5-6-11(8-10(3)15)14-9(2)7-12(16)13-14/h7,11H,4-6,8H2,1-3H3,(H,13,16)/t11-/m1/s1. The number of hydrogen-bond acceptors (Lipinski definition) is 2. The number of aryl methyl sites for hydroxylation is 1. The molecule has 1 N–H and O–H groups in total. The van der Waals surface area contributed by atoms with Gasteiger partial charge in [0, 0.05) is 18.2 Å². The Morgan fingerprint density at radius 2 is 2.25 bits per heavy atom.